The van der Waals surface area contributed by atoms with Gasteiger partial charge in [0.2, 0.25) is 5.91 Å². The van der Waals surface area contributed by atoms with Crippen molar-refractivity contribution < 1.29 is 4.79 Å². The summed E-state index contributed by atoms with van der Waals surface area (Å²) in [5.41, 5.74) is 1.25. The molecule has 0 saturated heterocycles. The van der Waals surface area contributed by atoms with Gasteiger partial charge >= 0.3 is 0 Å². The van der Waals surface area contributed by atoms with Crippen LogP contribution in [0.1, 0.15) is 13.8 Å². The van der Waals surface area contributed by atoms with Gasteiger partial charge in [-0.05, 0) is 45.2 Å². The largest absolute Gasteiger partial charge is 0.325 e. The van der Waals surface area contributed by atoms with Crippen LogP contribution in [0.25, 0.3) is 10.6 Å². The summed E-state index contributed by atoms with van der Waals surface area (Å²) in [6, 6.07) is 7.70. The summed E-state index contributed by atoms with van der Waals surface area (Å²) < 4.78 is 0. The number of nitrogens with zero attached hydrogens (tertiary/aromatic N) is 1. The zero-order valence-corrected chi connectivity index (χ0v) is 12.0. The summed E-state index contributed by atoms with van der Waals surface area (Å²) in [7, 11) is 1.77. The van der Waals surface area contributed by atoms with Crippen molar-refractivity contribution in [3.63, 3.8) is 0 Å². The highest BCUT2D eigenvalue weighted by atomic mass is 32.1. The second-order valence-electron chi connectivity index (χ2n) is 4.74. The topological polar surface area (TPSA) is 54.0 Å². The molecule has 0 aliphatic heterocycles. The predicted molar refractivity (Wildman–Crippen MR) is 79.3 cm³/mol. The number of rotatable bonds is 4. The lowest BCUT2D eigenvalue weighted by atomic mass is 10.1. The van der Waals surface area contributed by atoms with Gasteiger partial charge < -0.3 is 10.6 Å². The van der Waals surface area contributed by atoms with Crippen molar-refractivity contribution in [2.24, 2.45) is 0 Å². The van der Waals surface area contributed by atoms with Gasteiger partial charge in [0.05, 0.1) is 5.54 Å². The molecule has 19 heavy (non-hydrogen) atoms. The van der Waals surface area contributed by atoms with E-state index in [0.29, 0.717) is 0 Å². The molecule has 2 aromatic rings. The van der Waals surface area contributed by atoms with Gasteiger partial charge in [-0.1, -0.05) is 0 Å². The van der Waals surface area contributed by atoms with Crippen molar-refractivity contribution in [2.75, 3.05) is 12.4 Å². The lowest BCUT2D eigenvalue weighted by molar-refractivity contribution is -0.121. The van der Waals surface area contributed by atoms with E-state index in [-0.39, 0.29) is 5.91 Å². The van der Waals surface area contributed by atoms with Crippen molar-refractivity contribution in [3.05, 3.63) is 35.8 Å². The molecule has 4 nitrogen and oxygen atoms in total. The number of amides is 1. The number of carbonyl (C=O) groups excluding carboxylic acids is 1. The molecule has 0 atom stereocenters. The lowest BCUT2D eigenvalue weighted by Crippen LogP contribution is -2.47. The molecular formula is C14H17N3OS. The number of hydrogen-bond donors (Lipinski definition) is 2. The summed E-state index contributed by atoms with van der Waals surface area (Å²) in [6.45, 7) is 3.68. The quantitative estimate of drug-likeness (QED) is 0.902. The number of thiazole rings is 1. The van der Waals surface area contributed by atoms with E-state index in [4.69, 9.17) is 0 Å². The molecule has 2 rings (SSSR count). The lowest BCUT2D eigenvalue weighted by Gasteiger charge is -2.22. The van der Waals surface area contributed by atoms with E-state index in [9.17, 15) is 4.79 Å². The molecular weight excluding hydrogens is 258 g/mol. The van der Waals surface area contributed by atoms with Crippen molar-refractivity contribution in [1.29, 1.82) is 0 Å². The first-order chi connectivity index (χ1) is 9.03. The second kappa shape index (κ2) is 5.50. The molecule has 2 N–H and O–H groups in total. The minimum atomic E-state index is -0.589. The van der Waals surface area contributed by atoms with Crippen LogP contribution in [0.2, 0.25) is 0 Å². The molecule has 0 aliphatic rings. The SMILES string of the molecule is CNC(C)(C)C(=O)Nc1ccc(-c2nccs2)cc1. The van der Waals surface area contributed by atoms with Gasteiger partial charge in [0, 0.05) is 22.8 Å². The van der Waals surface area contributed by atoms with Crippen LogP contribution < -0.4 is 10.6 Å². The van der Waals surface area contributed by atoms with Gasteiger partial charge in [0.1, 0.15) is 5.01 Å². The average molecular weight is 275 g/mol. The van der Waals surface area contributed by atoms with E-state index < -0.39 is 5.54 Å². The maximum atomic E-state index is 12.0. The Balaban J connectivity index is 2.10. The molecule has 0 saturated carbocycles. The molecule has 0 unspecified atom stereocenters. The molecule has 1 heterocycles. The number of benzene rings is 1. The summed E-state index contributed by atoms with van der Waals surface area (Å²) >= 11 is 1.60. The molecule has 100 valence electrons. The molecule has 0 spiro atoms. The van der Waals surface area contributed by atoms with E-state index in [1.165, 1.54) is 0 Å². The number of likely N-dealkylation sites (N-methyl/N-ethyl adjacent to an activating group) is 1. The Kier molecular flexibility index (Phi) is 3.97. The number of anilines is 1. The minimum absolute atomic E-state index is 0.0583. The smallest absolute Gasteiger partial charge is 0.244 e. The number of hydrogen-bond acceptors (Lipinski definition) is 4. The number of nitrogens with one attached hydrogen (secondary N) is 2. The summed E-state index contributed by atoms with van der Waals surface area (Å²) in [4.78, 5) is 16.2. The highest BCUT2D eigenvalue weighted by Crippen LogP contribution is 2.23. The monoisotopic (exact) mass is 275 g/mol. The van der Waals surface area contributed by atoms with Crippen LogP contribution in [0.4, 0.5) is 5.69 Å². The third kappa shape index (κ3) is 3.19. The molecule has 1 amide bonds. The highest BCUT2D eigenvalue weighted by Gasteiger charge is 2.24. The van der Waals surface area contributed by atoms with Gasteiger partial charge in [-0.2, -0.15) is 0 Å². The van der Waals surface area contributed by atoms with Crippen molar-refractivity contribution in [2.45, 2.75) is 19.4 Å². The molecule has 1 aromatic heterocycles. The Morgan fingerprint density at radius 3 is 2.47 bits per heavy atom. The zero-order chi connectivity index (χ0) is 13.9. The fraction of sp³-hybridized carbons (Fsp3) is 0.286. The van der Waals surface area contributed by atoms with E-state index in [0.717, 1.165) is 16.3 Å². The molecule has 0 radical (unpaired) electrons. The molecule has 0 bridgehead atoms. The fourth-order valence-electron chi connectivity index (χ4n) is 1.46. The van der Waals surface area contributed by atoms with Crippen molar-refractivity contribution in [3.8, 4) is 10.6 Å². The van der Waals surface area contributed by atoms with E-state index in [1.54, 1.807) is 24.6 Å². The van der Waals surface area contributed by atoms with E-state index in [1.807, 2.05) is 43.5 Å². The normalized spacial score (nSPS) is 11.3. The average Bonchev–Trinajstić information content (AvgIpc) is 2.93. The number of carbonyl (C=O) groups is 1. The van der Waals surface area contributed by atoms with Gasteiger partial charge in [0.15, 0.2) is 0 Å². The summed E-state index contributed by atoms with van der Waals surface area (Å²) in [5.74, 6) is -0.0583. The Bertz CT molecular complexity index is 547. The third-order valence-electron chi connectivity index (χ3n) is 3.01. The third-order valence-corrected chi connectivity index (χ3v) is 3.84. The maximum absolute atomic E-state index is 12.0. The van der Waals surface area contributed by atoms with Crippen LogP contribution in [0, 0.1) is 0 Å². The summed E-state index contributed by atoms with van der Waals surface area (Å²) in [5, 5.41) is 8.79. The van der Waals surface area contributed by atoms with E-state index in [2.05, 4.69) is 15.6 Å². The second-order valence-corrected chi connectivity index (χ2v) is 5.64. The van der Waals surface area contributed by atoms with Crippen LogP contribution in [0.15, 0.2) is 35.8 Å². The van der Waals surface area contributed by atoms with Crippen molar-refractivity contribution in [1.82, 2.24) is 10.3 Å². The van der Waals surface area contributed by atoms with Crippen LogP contribution in [-0.2, 0) is 4.79 Å². The zero-order valence-electron chi connectivity index (χ0n) is 11.2. The molecule has 0 fully saturated rings. The fourth-order valence-corrected chi connectivity index (χ4v) is 2.11. The Labute approximate surface area is 116 Å². The number of aromatic nitrogens is 1. The standard InChI is InChI=1S/C14H17N3OS/c1-14(2,15-3)13(18)17-11-6-4-10(5-7-11)12-16-8-9-19-12/h4-9,15H,1-3H3,(H,17,18). The first kappa shape index (κ1) is 13.7. The van der Waals surface area contributed by atoms with Gasteiger partial charge in [-0.15, -0.1) is 11.3 Å². The van der Waals surface area contributed by atoms with Crippen LogP contribution in [-0.4, -0.2) is 23.5 Å². The van der Waals surface area contributed by atoms with Crippen LogP contribution in [0.3, 0.4) is 0 Å². The molecule has 0 aliphatic carbocycles. The van der Waals surface area contributed by atoms with E-state index >= 15 is 0 Å². The molecule has 5 heteroatoms. The first-order valence-corrected chi connectivity index (χ1v) is 6.91. The Morgan fingerprint density at radius 2 is 1.95 bits per heavy atom. The first-order valence-electron chi connectivity index (χ1n) is 6.03. The minimum Gasteiger partial charge on any atom is -0.325 e. The Morgan fingerprint density at radius 1 is 1.26 bits per heavy atom. The summed E-state index contributed by atoms with van der Waals surface area (Å²) in [6.07, 6.45) is 1.78. The Hall–Kier alpha value is -1.72. The van der Waals surface area contributed by atoms with Crippen LogP contribution in [0.5, 0.6) is 0 Å². The van der Waals surface area contributed by atoms with Gasteiger partial charge in [-0.25, -0.2) is 4.98 Å². The predicted octanol–water partition coefficient (Wildman–Crippen LogP) is 2.75. The van der Waals surface area contributed by atoms with Gasteiger partial charge in [-0.3, -0.25) is 4.79 Å². The highest BCUT2D eigenvalue weighted by molar-refractivity contribution is 7.13. The maximum Gasteiger partial charge on any atom is 0.244 e. The van der Waals surface area contributed by atoms with Crippen LogP contribution >= 0.6 is 11.3 Å². The van der Waals surface area contributed by atoms with Gasteiger partial charge in [0.25, 0.3) is 0 Å². The molecule has 1 aromatic carbocycles. The van der Waals surface area contributed by atoms with Crippen molar-refractivity contribution >= 4 is 22.9 Å².